The summed E-state index contributed by atoms with van der Waals surface area (Å²) in [5, 5.41) is 8.54. The van der Waals surface area contributed by atoms with Crippen LogP contribution in [0.3, 0.4) is 0 Å². The summed E-state index contributed by atoms with van der Waals surface area (Å²) in [4.78, 5) is 10.4. The van der Waals surface area contributed by atoms with Gasteiger partial charge in [0.2, 0.25) is 0 Å². The first-order valence-electron chi connectivity index (χ1n) is 5.57. The summed E-state index contributed by atoms with van der Waals surface area (Å²) >= 11 is 0. The second-order valence-corrected chi connectivity index (χ2v) is 4.04. The predicted octanol–water partition coefficient (Wildman–Crippen LogP) is 3.52. The van der Waals surface area contributed by atoms with Gasteiger partial charge in [-0.05, 0) is 37.3 Å². The minimum absolute atomic E-state index is 0.259. The molecule has 0 heterocycles. The normalized spacial score (nSPS) is 10.1. The summed E-state index contributed by atoms with van der Waals surface area (Å²) in [5.41, 5.74) is 3.52. The van der Waals surface area contributed by atoms with E-state index in [1.807, 2.05) is 19.1 Å². The lowest BCUT2D eigenvalue weighted by atomic mass is 9.97. The van der Waals surface area contributed by atoms with Crippen molar-refractivity contribution in [3.63, 3.8) is 0 Å². The average Bonchev–Trinajstić information content (AvgIpc) is 2.24. The SMILES string of the molecule is C=C(C)c1ccccc1CCCCC(=O)O. The molecule has 86 valence electrons. The Kier molecular flexibility index (Phi) is 4.77. The maximum atomic E-state index is 10.4. The van der Waals surface area contributed by atoms with E-state index in [0.717, 1.165) is 24.8 Å². The summed E-state index contributed by atoms with van der Waals surface area (Å²) in [6.07, 6.45) is 2.84. The topological polar surface area (TPSA) is 37.3 Å². The van der Waals surface area contributed by atoms with Gasteiger partial charge in [-0.25, -0.2) is 0 Å². The third-order valence-electron chi connectivity index (χ3n) is 2.56. The zero-order valence-corrected chi connectivity index (χ0v) is 9.70. The molecule has 0 saturated heterocycles. The highest BCUT2D eigenvalue weighted by atomic mass is 16.4. The van der Waals surface area contributed by atoms with Crippen molar-refractivity contribution in [2.75, 3.05) is 0 Å². The summed E-state index contributed by atoms with van der Waals surface area (Å²) in [7, 11) is 0. The monoisotopic (exact) mass is 218 g/mol. The van der Waals surface area contributed by atoms with Gasteiger partial charge in [-0.1, -0.05) is 36.4 Å². The third kappa shape index (κ3) is 3.89. The molecule has 0 spiro atoms. The Bertz CT molecular complexity index is 380. The number of benzene rings is 1. The third-order valence-corrected chi connectivity index (χ3v) is 2.56. The molecule has 0 aliphatic carbocycles. The molecule has 1 aromatic rings. The molecule has 1 N–H and O–H groups in total. The Morgan fingerprint density at radius 2 is 2.00 bits per heavy atom. The number of rotatable bonds is 6. The van der Waals surface area contributed by atoms with E-state index in [0.29, 0.717) is 0 Å². The van der Waals surface area contributed by atoms with Crippen LogP contribution in [-0.2, 0) is 11.2 Å². The lowest BCUT2D eigenvalue weighted by Gasteiger charge is -2.08. The van der Waals surface area contributed by atoms with Crippen LogP contribution in [0.4, 0.5) is 0 Å². The zero-order chi connectivity index (χ0) is 12.0. The summed E-state index contributed by atoms with van der Waals surface area (Å²) < 4.78 is 0. The first kappa shape index (κ1) is 12.5. The number of hydrogen-bond acceptors (Lipinski definition) is 1. The van der Waals surface area contributed by atoms with Gasteiger partial charge in [-0.3, -0.25) is 4.79 Å². The van der Waals surface area contributed by atoms with Crippen LogP contribution in [0, 0.1) is 0 Å². The van der Waals surface area contributed by atoms with Gasteiger partial charge in [0, 0.05) is 6.42 Å². The number of carboxylic acid groups (broad SMARTS) is 1. The van der Waals surface area contributed by atoms with Crippen LogP contribution in [0.15, 0.2) is 30.8 Å². The first-order chi connectivity index (χ1) is 7.61. The minimum Gasteiger partial charge on any atom is -0.481 e. The number of unbranched alkanes of at least 4 members (excludes halogenated alkanes) is 1. The molecule has 1 rings (SSSR count). The molecular weight excluding hydrogens is 200 g/mol. The highest BCUT2D eigenvalue weighted by molar-refractivity contribution is 5.66. The van der Waals surface area contributed by atoms with Crippen LogP contribution in [0.5, 0.6) is 0 Å². The van der Waals surface area contributed by atoms with Crippen molar-refractivity contribution in [3.05, 3.63) is 42.0 Å². The Balaban J connectivity index is 2.53. The molecule has 0 amide bonds. The molecule has 0 bridgehead atoms. The molecule has 2 nitrogen and oxygen atoms in total. The lowest BCUT2D eigenvalue weighted by Crippen LogP contribution is -1.96. The van der Waals surface area contributed by atoms with Gasteiger partial charge in [-0.15, -0.1) is 0 Å². The van der Waals surface area contributed by atoms with Gasteiger partial charge in [0.1, 0.15) is 0 Å². The van der Waals surface area contributed by atoms with E-state index in [-0.39, 0.29) is 6.42 Å². The molecule has 1 aromatic carbocycles. The summed E-state index contributed by atoms with van der Waals surface area (Å²) in [6.45, 7) is 5.94. The number of carbonyl (C=O) groups is 1. The van der Waals surface area contributed by atoms with Crippen LogP contribution >= 0.6 is 0 Å². The molecule has 2 heteroatoms. The zero-order valence-electron chi connectivity index (χ0n) is 9.70. The van der Waals surface area contributed by atoms with E-state index < -0.39 is 5.97 Å². The molecule has 0 unspecified atom stereocenters. The second kappa shape index (κ2) is 6.11. The van der Waals surface area contributed by atoms with Crippen molar-refractivity contribution in [1.29, 1.82) is 0 Å². The Morgan fingerprint density at radius 1 is 1.31 bits per heavy atom. The number of carboxylic acids is 1. The van der Waals surface area contributed by atoms with Crippen LogP contribution in [0.1, 0.15) is 37.3 Å². The molecule has 0 saturated carbocycles. The van der Waals surface area contributed by atoms with Gasteiger partial charge in [0.05, 0.1) is 0 Å². The van der Waals surface area contributed by atoms with Crippen LogP contribution in [0.25, 0.3) is 5.57 Å². The Morgan fingerprint density at radius 3 is 2.62 bits per heavy atom. The van der Waals surface area contributed by atoms with Crippen molar-refractivity contribution in [1.82, 2.24) is 0 Å². The van der Waals surface area contributed by atoms with Gasteiger partial charge in [0.25, 0.3) is 0 Å². The smallest absolute Gasteiger partial charge is 0.303 e. The molecule has 0 atom stereocenters. The number of hydrogen-bond donors (Lipinski definition) is 1. The number of aliphatic carboxylic acids is 1. The number of allylic oxidation sites excluding steroid dienone is 1. The van der Waals surface area contributed by atoms with Crippen molar-refractivity contribution in [2.45, 2.75) is 32.6 Å². The van der Waals surface area contributed by atoms with Crippen molar-refractivity contribution >= 4 is 11.5 Å². The second-order valence-electron chi connectivity index (χ2n) is 4.04. The largest absolute Gasteiger partial charge is 0.481 e. The summed E-state index contributed by atoms with van der Waals surface area (Å²) in [6, 6.07) is 8.17. The van der Waals surface area contributed by atoms with E-state index >= 15 is 0 Å². The molecule has 0 fully saturated rings. The fourth-order valence-electron chi connectivity index (χ4n) is 1.75. The maximum absolute atomic E-state index is 10.4. The fourth-order valence-corrected chi connectivity index (χ4v) is 1.75. The summed E-state index contributed by atoms with van der Waals surface area (Å²) in [5.74, 6) is -0.715. The van der Waals surface area contributed by atoms with Crippen molar-refractivity contribution in [2.24, 2.45) is 0 Å². The van der Waals surface area contributed by atoms with Crippen molar-refractivity contribution in [3.8, 4) is 0 Å². The molecular formula is C14H18O2. The quantitative estimate of drug-likeness (QED) is 0.742. The van der Waals surface area contributed by atoms with Crippen LogP contribution in [-0.4, -0.2) is 11.1 Å². The Labute approximate surface area is 96.6 Å². The molecule has 0 aliphatic heterocycles. The van der Waals surface area contributed by atoms with Crippen LogP contribution in [0.2, 0.25) is 0 Å². The van der Waals surface area contributed by atoms with Crippen molar-refractivity contribution < 1.29 is 9.90 Å². The highest BCUT2D eigenvalue weighted by Gasteiger charge is 2.03. The highest BCUT2D eigenvalue weighted by Crippen LogP contribution is 2.19. The average molecular weight is 218 g/mol. The molecule has 0 aromatic heterocycles. The maximum Gasteiger partial charge on any atom is 0.303 e. The fraction of sp³-hybridized carbons (Fsp3) is 0.357. The van der Waals surface area contributed by atoms with Gasteiger partial charge in [-0.2, -0.15) is 0 Å². The van der Waals surface area contributed by atoms with E-state index in [1.54, 1.807) is 0 Å². The van der Waals surface area contributed by atoms with E-state index in [1.165, 1.54) is 11.1 Å². The van der Waals surface area contributed by atoms with Crippen LogP contribution < -0.4 is 0 Å². The Hall–Kier alpha value is -1.57. The van der Waals surface area contributed by atoms with Gasteiger partial charge in [0.15, 0.2) is 0 Å². The van der Waals surface area contributed by atoms with E-state index in [9.17, 15) is 4.79 Å². The lowest BCUT2D eigenvalue weighted by molar-refractivity contribution is -0.137. The van der Waals surface area contributed by atoms with E-state index in [4.69, 9.17) is 5.11 Å². The number of aryl methyl sites for hydroxylation is 1. The van der Waals surface area contributed by atoms with E-state index in [2.05, 4.69) is 18.7 Å². The molecule has 16 heavy (non-hydrogen) atoms. The predicted molar refractivity (Wildman–Crippen MR) is 66.3 cm³/mol. The molecule has 0 radical (unpaired) electrons. The van der Waals surface area contributed by atoms with Gasteiger partial charge >= 0.3 is 5.97 Å². The van der Waals surface area contributed by atoms with Gasteiger partial charge < -0.3 is 5.11 Å². The first-order valence-corrected chi connectivity index (χ1v) is 5.57. The standard InChI is InChI=1S/C14H18O2/c1-11(2)13-9-5-3-7-12(13)8-4-6-10-14(15)16/h3,5,7,9H,1,4,6,8,10H2,2H3,(H,15,16). The molecule has 0 aliphatic rings. The minimum atomic E-state index is -0.715.